The molecule has 1 heterocycles. The summed E-state index contributed by atoms with van der Waals surface area (Å²) in [7, 11) is 1.43. The number of methoxy groups -OCH3 is 1. The number of ether oxygens (including phenoxy) is 1. The summed E-state index contributed by atoms with van der Waals surface area (Å²) in [6, 6.07) is 6.05. The van der Waals surface area contributed by atoms with Crippen molar-refractivity contribution in [2.75, 3.05) is 38.7 Å². The van der Waals surface area contributed by atoms with E-state index in [1.165, 1.54) is 24.1 Å². The fourth-order valence-corrected chi connectivity index (χ4v) is 3.04. The highest BCUT2D eigenvalue weighted by Gasteiger charge is 2.43. The normalized spacial score (nSPS) is 20.1. The molecule has 136 valence electrons. The Balaban J connectivity index is 2.04. The van der Waals surface area contributed by atoms with Crippen LogP contribution in [0.3, 0.4) is 0 Å². The highest BCUT2D eigenvalue weighted by Crippen LogP contribution is 2.31. The Labute approximate surface area is 144 Å². The number of rotatable bonds is 7. The van der Waals surface area contributed by atoms with Crippen molar-refractivity contribution in [1.29, 1.82) is 0 Å². The number of anilines is 1. The summed E-state index contributed by atoms with van der Waals surface area (Å²) in [6.45, 7) is 0.404. The van der Waals surface area contributed by atoms with E-state index in [4.69, 9.17) is 4.74 Å². The Bertz CT molecular complexity index is 661. The number of hydrogen-bond donors (Lipinski definition) is 2. The van der Waals surface area contributed by atoms with Crippen molar-refractivity contribution in [3.63, 3.8) is 0 Å². The molecule has 25 heavy (non-hydrogen) atoms. The van der Waals surface area contributed by atoms with Crippen LogP contribution in [0.2, 0.25) is 0 Å². The third kappa shape index (κ3) is 4.24. The number of benzene rings is 1. The molecule has 9 nitrogen and oxygen atoms in total. The summed E-state index contributed by atoms with van der Waals surface area (Å²) in [4.78, 5) is 36.0. The highest BCUT2D eigenvalue weighted by molar-refractivity contribution is 5.83. The molecule has 0 aliphatic carbocycles. The second-order valence-electron chi connectivity index (χ2n) is 6.07. The lowest BCUT2D eigenvalue weighted by Gasteiger charge is -2.39. The van der Waals surface area contributed by atoms with Gasteiger partial charge in [0.25, 0.3) is 5.69 Å². The van der Waals surface area contributed by atoms with E-state index >= 15 is 0 Å². The molecule has 0 bridgehead atoms. The van der Waals surface area contributed by atoms with Crippen LogP contribution in [0.25, 0.3) is 0 Å². The lowest BCUT2D eigenvalue weighted by Crippen LogP contribution is -2.53. The molecule has 1 aromatic carbocycles. The third-order valence-corrected chi connectivity index (χ3v) is 4.33. The number of hydrogen-bond acceptors (Lipinski definition) is 6. The molecule has 2 N–H and O–H groups in total. The minimum absolute atomic E-state index is 0.0314. The minimum atomic E-state index is -1.11. The maximum Gasteiger partial charge on any atom is 0.313 e. The fourth-order valence-electron chi connectivity index (χ4n) is 3.04. The molecule has 0 saturated carbocycles. The summed E-state index contributed by atoms with van der Waals surface area (Å²) in [6.07, 6.45) is 1.00. The zero-order valence-electron chi connectivity index (χ0n) is 13.9. The van der Waals surface area contributed by atoms with Gasteiger partial charge in [-0.25, -0.2) is 0 Å². The number of aliphatic carboxylic acids is 1. The number of carboxylic acid groups (broad SMARTS) is 1. The van der Waals surface area contributed by atoms with Crippen molar-refractivity contribution < 1.29 is 24.4 Å². The van der Waals surface area contributed by atoms with E-state index in [0.717, 1.165) is 0 Å². The van der Waals surface area contributed by atoms with Crippen LogP contribution in [0.1, 0.15) is 12.8 Å². The molecule has 0 spiro atoms. The summed E-state index contributed by atoms with van der Waals surface area (Å²) < 4.78 is 5.04. The predicted octanol–water partition coefficient (Wildman–Crippen LogP) is 1.35. The van der Waals surface area contributed by atoms with E-state index in [9.17, 15) is 24.8 Å². The quantitative estimate of drug-likeness (QED) is 0.561. The molecule has 1 atom stereocenters. The van der Waals surface area contributed by atoms with Crippen LogP contribution >= 0.6 is 0 Å². The van der Waals surface area contributed by atoms with Crippen LogP contribution in [-0.4, -0.2) is 60.2 Å². The van der Waals surface area contributed by atoms with E-state index in [2.05, 4.69) is 5.32 Å². The summed E-state index contributed by atoms with van der Waals surface area (Å²) in [5.74, 6) is -1.29. The van der Waals surface area contributed by atoms with Crippen LogP contribution < -0.4 is 5.32 Å². The van der Waals surface area contributed by atoms with Gasteiger partial charge in [-0.05, 0) is 18.9 Å². The van der Waals surface area contributed by atoms with Gasteiger partial charge < -0.3 is 20.1 Å². The Morgan fingerprint density at radius 1 is 1.44 bits per heavy atom. The first kappa shape index (κ1) is 18.7. The van der Waals surface area contributed by atoms with Gasteiger partial charge in [0.1, 0.15) is 11.1 Å². The van der Waals surface area contributed by atoms with Crippen molar-refractivity contribution in [3.8, 4) is 0 Å². The van der Waals surface area contributed by atoms with Crippen molar-refractivity contribution in [3.05, 3.63) is 34.4 Å². The van der Waals surface area contributed by atoms with Gasteiger partial charge in [-0.1, -0.05) is 12.1 Å². The van der Waals surface area contributed by atoms with Crippen LogP contribution in [-0.2, 0) is 14.3 Å². The molecule has 1 amide bonds. The van der Waals surface area contributed by atoms with E-state index in [0.29, 0.717) is 19.4 Å². The van der Waals surface area contributed by atoms with Gasteiger partial charge in [-0.3, -0.25) is 19.7 Å². The predicted molar refractivity (Wildman–Crippen MR) is 89.3 cm³/mol. The van der Waals surface area contributed by atoms with Gasteiger partial charge in [-0.15, -0.1) is 0 Å². The zero-order valence-corrected chi connectivity index (χ0v) is 13.9. The van der Waals surface area contributed by atoms with Gasteiger partial charge in [0.05, 0.1) is 18.1 Å². The first-order chi connectivity index (χ1) is 11.9. The number of nitro benzene ring substituents is 1. The Hall–Kier alpha value is -2.68. The number of piperidine rings is 1. The average molecular weight is 351 g/mol. The fraction of sp³-hybridized carbons (Fsp3) is 0.500. The second kappa shape index (κ2) is 7.93. The van der Waals surface area contributed by atoms with Gasteiger partial charge in [0, 0.05) is 26.3 Å². The number of carbonyl (C=O) groups excluding carboxylic acids is 1. The van der Waals surface area contributed by atoms with E-state index in [1.807, 2.05) is 0 Å². The van der Waals surface area contributed by atoms with Crippen LogP contribution in [0.4, 0.5) is 11.4 Å². The topological polar surface area (TPSA) is 122 Å². The summed E-state index contributed by atoms with van der Waals surface area (Å²) in [5, 5.41) is 23.3. The molecule has 2 rings (SSSR count). The van der Waals surface area contributed by atoms with Gasteiger partial charge in [-0.2, -0.15) is 0 Å². The van der Waals surface area contributed by atoms with Gasteiger partial charge in [0.15, 0.2) is 0 Å². The molecular formula is C16H21N3O6. The number of carbonyl (C=O) groups is 2. The lowest BCUT2D eigenvalue weighted by atomic mass is 9.80. The Morgan fingerprint density at radius 2 is 2.16 bits per heavy atom. The molecule has 1 aliphatic rings. The number of likely N-dealkylation sites (tertiary alicyclic amines) is 1. The molecule has 1 aromatic rings. The smallest absolute Gasteiger partial charge is 0.313 e. The molecule has 1 unspecified atom stereocenters. The average Bonchev–Trinajstić information content (AvgIpc) is 2.60. The third-order valence-electron chi connectivity index (χ3n) is 4.33. The Kier molecular flexibility index (Phi) is 5.92. The first-order valence-electron chi connectivity index (χ1n) is 7.87. The standard InChI is InChI=1S/C16H21N3O6/c1-25-11-16(15(21)22)7-4-8-18(10-16)14(20)9-17-12-5-2-3-6-13(12)19(23)24/h2-3,5-6,17H,4,7-11H2,1H3,(H,21,22). The SMILES string of the molecule is COCC1(C(=O)O)CCCN(C(=O)CNc2ccccc2[N+](=O)[O-])C1. The molecule has 1 fully saturated rings. The summed E-state index contributed by atoms with van der Waals surface area (Å²) in [5.41, 5.74) is -0.978. The van der Waals surface area contributed by atoms with Crippen molar-refractivity contribution >= 4 is 23.3 Å². The van der Waals surface area contributed by atoms with E-state index in [1.54, 1.807) is 12.1 Å². The molecule has 1 saturated heterocycles. The zero-order chi connectivity index (χ0) is 18.4. The van der Waals surface area contributed by atoms with Crippen molar-refractivity contribution in [2.45, 2.75) is 12.8 Å². The number of amides is 1. The van der Waals surface area contributed by atoms with Crippen molar-refractivity contribution in [2.24, 2.45) is 5.41 Å². The molecule has 1 aliphatic heterocycles. The van der Waals surface area contributed by atoms with Crippen LogP contribution in [0, 0.1) is 15.5 Å². The van der Waals surface area contributed by atoms with Crippen LogP contribution in [0.15, 0.2) is 24.3 Å². The minimum Gasteiger partial charge on any atom is -0.481 e. The maximum atomic E-state index is 12.4. The largest absolute Gasteiger partial charge is 0.481 e. The number of nitrogens with zero attached hydrogens (tertiary/aromatic N) is 2. The van der Waals surface area contributed by atoms with Crippen molar-refractivity contribution in [1.82, 2.24) is 4.90 Å². The van der Waals surface area contributed by atoms with E-state index in [-0.39, 0.29) is 37.0 Å². The molecule has 0 aromatic heterocycles. The number of nitro groups is 1. The number of carboxylic acids is 1. The molecule has 0 radical (unpaired) electrons. The monoisotopic (exact) mass is 351 g/mol. The molecule has 9 heteroatoms. The number of para-hydroxylation sites is 2. The summed E-state index contributed by atoms with van der Waals surface area (Å²) >= 11 is 0. The van der Waals surface area contributed by atoms with E-state index < -0.39 is 16.3 Å². The lowest BCUT2D eigenvalue weighted by molar-refractivity contribution is -0.383. The second-order valence-corrected chi connectivity index (χ2v) is 6.07. The van der Waals surface area contributed by atoms with Crippen LogP contribution in [0.5, 0.6) is 0 Å². The first-order valence-corrected chi connectivity index (χ1v) is 7.87. The number of nitrogens with one attached hydrogen (secondary N) is 1. The van der Waals surface area contributed by atoms with Gasteiger partial charge in [0.2, 0.25) is 5.91 Å². The maximum absolute atomic E-state index is 12.4. The highest BCUT2D eigenvalue weighted by atomic mass is 16.6. The molecular weight excluding hydrogens is 330 g/mol. The Morgan fingerprint density at radius 3 is 2.80 bits per heavy atom. The van der Waals surface area contributed by atoms with Gasteiger partial charge >= 0.3 is 5.97 Å².